The number of ether oxygens (including phenoxy) is 2. The molecule has 168 valence electrons. The van der Waals surface area contributed by atoms with E-state index in [2.05, 4.69) is 10.1 Å². The van der Waals surface area contributed by atoms with Gasteiger partial charge < -0.3 is 23.8 Å². The van der Waals surface area contributed by atoms with Crippen molar-refractivity contribution in [1.82, 2.24) is 9.88 Å². The molecule has 2 aromatic heterocycles. The maximum absolute atomic E-state index is 12.7. The van der Waals surface area contributed by atoms with E-state index in [-0.39, 0.29) is 24.3 Å². The monoisotopic (exact) mass is 444 g/mol. The normalized spacial score (nSPS) is 11.6. The van der Waals surface area contributed by atoms with Crippen molar-refractivity contribution in [1.29, 1.82) is 0 Å². The van der Waals surface area contributed by atoms with Crippen molar-refractivity contribution < 1.29 is 23.5 Å². The van der Waals surface area contributed by atoms with Crippen LogP contribution in [0.5, 0.6) is 5.75 Å². The van der Waals surface area contributed by atoms with Gasteiger partial charge in [0.2, 0.25) is 0 Å². The smallest absolute Gasteiger partial charge is 0.337 e. The molecule has 4 aromatic rings. The van der Waals surface area contributed by atoms with E-state index in [1.54, 1.807) is 36.4 Å². The molecule has 0 aliphatic rings. The predicted molar refractivity (Wildman–Crippen MR) is 122 cm³/mol. The summed E-state index contributed by atoms with van der Waals surface area (Å²) in [4.78, 5) is 24.2. The number of nitrogens with zero attached hydrogens (tertiary/aromatic N) is 1. The maximum Gasteiger partial charge on any atom is 0.337 e. The second-order valence-corrected chi connectivity index (χ2v) is 7.45. The lowest BCUT2D eigenvalue weighted by atomic mass is 10.1. The lowest BCUT2D eigenvalue weighted by Gasteiger charge is -2.15. The van der Waals surface area contributed by atoms with Gasteiger partial charge in [-0.1, -0.05) is 12.1 Å². The number of rotatable bonds is 8. The third-order valence-corrected chi connectivity index (χ3v) is 5.16. The summed E-state index contributed by atoms with van der Waals surface area (Å²) < 4.78 is 18.0. The number of nitrogens with one attached hydrogen (secondary N) is 1. The van der Waals surface area contributed by atoms with Crippen LogP contribution in [0, 0.1) is 0 Å². The van der Waals surface area contributed by atoms with Gasteiger partial charge in [-0.25, -0.2) is 4.79 Å². The zero-order valence-corrected chi connectivity index (χ0v) is 18.4. The number of aromatic nitrogens is 1. The summed E-state index contributed by atoms with van der Waals surface area (Å²) in [6.07, 6.45) is 3.95. The van der Waals surface area contributed by atoms with Crippen LogP contribution in [0.2, 0.25) is 0 Å². The SMILES string of the molecule is COC(=O)c1ccc(OCc2ccc(C(=O)NC(C)c3cccc(-n4cccc4)c3)o2)cc1. The van der Waals surface area contributed by atoms with E-state index < -0.39 is 5.97 Å². The second-order valence-electron chi connectivity index (χ2n) is 7.45. The highest BCUT2D eigenvalue weighted by molar-refractivity contribution is 5.91. The lowest BCUT2D eigenvalue weighted by molar-refractivity contribution is 0.0600. The summed E-state index contributed by atoms with van der Waals surface area (Å²) in [5, 5.41) is 2.97. The molecule has 0 saturated carbocycles. The highest BCUT2D eigenvalue weighted by atomic mass is 16.5. The molecule has 4 rings (SSSR count). The number of carbonyl (C=O) groups is 2. The Bertz CT molecular complexity index is 1230. The van der Waals surface area contributed by atoms with Crippen LogP contribution in [0.25, 0.3) is 5.69 Å². The number of hydrogen-bond acceptors (Lipinski definition) is 5. The molecule has 1 N–H and O–H groups in total. The molecule has 0 spiro atoms. The van der Waals surface area contributed by atoms with E-state index in [1.807, 2.05) is 60.3 Å². The Kier molecular flexibility index (Phi) is 6.59. The Labute approximate surface area is 191 Å². The van der Waals surface area contributed by atoms with Crippen LogP contribution < -0.4 is 10.1 Å². The highest BCUT2D eigenvalue weighted by Gasteiger charge is 2.16. The Morgan fingerprint density at radius 3 is 2.48 bits per heavy atom. The molecular weight excluding hydrogens is 420 g/mol. The van der Waals surface area contributed by atoms with Crippen LogP contribution in [0.4, 0.5) is 0 Å². The fourth-order valence-corrected chi connectivity index (χ4v) is 3.35. The van der Waals surface area contributed by atoms with Crippen LogP contribution in [-0.4, -0.2) is 23.6 Å². The molecule has 0 bridgehead atoms. The van der Waals surface area contributed by atoms with E-state index in [9.17, 15) is 9.59 Å². The fourth-order valence-electron chi connectivity index (χ4n) is 3.35. The van der Waals surface area contributed by atoms with Crippen molar-refractivity contribution in [2.24, 2.45) is 0 Å². The van der Waals surface area contributed by atoms with Crippen molar-refractivity contribution in [2.75, 3.05) is 7.11 Å². The Balaban J connectivity index is 1.34. The van der Waals surface area contributed by atoms with Crippen molar-refractivity contribution in [3.8, 4) is 11.4 Å². The largest absolute Gasteiger partial charge is 0.486 e. The molecule has 7 heteroatoms. The Morgan fingerprint density at radius 2 is 1.76 bits per heavy atom. The van der Waals surface area contributed by atoms with Crippen molar-refractivity contribution in [3.05, 3.63) is 108 Å². The fraction of sp³-hybridized carbons (Fsp3) is 0.154. The van der Waals surface area contributed by atoms with Crippen LogP contribution in [0.1, 0.15) is 45.2 Å². The van der Waals surface area contributed by atoms with Gasteiger partial charge in [0.15, 0.2) is 5.76 Å². The number of hydrogen-bond donors (Lipinski definition) is 1. The zero-order valence-electron chi connectivity index (χ0n) is 18.4. The minimum Gasteiger partial charge on any atom is -0.486 e. The van der Waals surface area contributed by atoms with Gasteiger partial charge in [0.1, 0.15) is 18.1 Å². The van der Waals surface area contributed by atoms with Crippen LogP contribution in [0.3, 0.4) is 0 Å². The third kappa shape index (κ3) is 5.33. The first-order valence-corrected chi connectivity index (χ1v) is 10.5. The molecule has 2 aromatic carbocycles. The van der Waals surface area contributed by atoms with Crippen LogP contribution >= 0.6 is 0 Å². The van der Waals surface area contributed by atoms with Gasteiger partial charge in [0.25, 0.3) is 5.91 Å². The second kappa shape index (κ2) is 9.91. The van der Waals surface area contributed by atoms with Crippen LogP contribution in [0.15, 0.2) is 89.6 Å². The first-order valence-electron chi connectivity index (χ1n) is 10.5. The zero-order chi connectivity index (χ0) is 23.2. The van der Waals surface area contributed by atoms with Gasteiger partial charge in [0, 0.05) is 18.1 Å². The molecule has 0 radical (unpaired) electrons. The topological polar surface area (TPSA) is 82.7 Å². The van der Waals surface area contributed by atoms with E-state index in [0.717, 1.165) is 11.3 Å². The first-order chi connectivity index (χ1) is 16.0. The molecule has 7 nitrogen and oxygen atoms in total. The minimum absolute atomic E-state index is 0.152. The van der Waals surface area contributed by atoms with Gasteiger partial charge in [-0.05, 0) is 73.2 Å². The first kappa shape index (κ1) is 22.0. The Morgan fingerprint density at radius 1 is 1.00 bits per heavy atom. The summed E-state index contributed by atoms with van der Waals surface area (Å²) in [5.41, 5.74) is 2.45. The molecule has 2 heterocycles. The minimum atomic E-state index is -0.408. The average Bonchev–Trinajstić information content (AvgIpc) is 3.55. The molecule has 1 atom stereocenters. The number of amides is 1. The van der Waals surface area contributed by atoms with Gasteiger partial charge >= 0.3 is 5.97 Å². The molecule has 33 heavy (non-hydrogen) atoms. The van der Waals surface area contributed by atoms with Crippen molar-refractivity contribution in [3.63, 3.8) is 0 Å². The van der Waals surface area contributed by atoms with E-state index in [0.29, 0.717) is 17.1 Å². The molecule has 1 amide bonds. The Hall–Kier alpha value is -4.26. The highest BCUT2D eigenvalue weighted by Crippen LogP contribution is 2.19. The van der Waals surface area contributed by atoms with E-state index in [4.69, 9.17) is 9.15 Å². The number of carbonyl (C=O) groups excluding carboxylic acids is 2. The van der Waals surface area contributed by atoms with Crippen LogP contribution in [-0.2, 0) is 11.3 Å². The standard InChI is InChI=1S/C26H24N2O5/c1-18(20-6-5-7-21(16-20)28-14-3-4-15-28)27-25(29)24-13-12-23(33-24)17-32-22-10-8-19(9-11-22)26(30)31-2/h3-16,18H,17H2,1-2H3,(H,27,29). The van der Waals surface area contributed by atoms with Gasteiger partial charge in [-0.2, -0.15) is 0 Å². The summed E-state index contributed by atoms with van der Waals surface area (Å²) in [5.74, 6) is 0.584. The van der Waals surface area contributed by atoms with E-state index in [1.165, 1.54) is 7.11 Å². The number of benzene rings is 2. The molecule has 0 saturated heterocycles. The summed E-state index contributed by atoms with van der Waals surface area (Å²) in [6, 6.07) is 21.6. The summed E-state index contributed by atoms with van der Waals surface area (Å²) >= 11 is 0. The summed E-state index contributed by atoms with van der Waals surface area (Å²) in [6.45, 7) is 2.08. The van der Waals surface area contributed by atoms with Crippen molar-refractivity contribution in [2.45, 2.75) is 19.6 Å². The van der Waals surface area contributed by atoms with E-state index >= 15 is 0 Å². The van der Waals surface area contributed by atoms with Crippen molar-refractivity contribution >= 4 is 11.9 Å². The van der Waals surface area contributed by atoms with Gasteiger partial charge in [0.05, 0.1) is 18.7 Å². The lowest BCUT2D eigenvalue weighted by Crippen LogP contribution is -2.26. The predicted octanol–water partition coefficient (Wildman–Crippen LogP) is 4.93. The molecule has 0 aliphatic heterocycles. The van der Waals surface area contributed by atoms with Gasteiger partial charge in [-0.3, -0.25) is 4.79 Å². The molecule has 0 fully saturated rings. The third-order valence-electron chi connectivity index (χ3n) is 5.16. The molecule has 0 aliphatic carbocycles. The molecule has 1 unspecified atom stereocenters. The number of esters is 1. The number of methoxy groups -OCH3 is 1. The van der Waals surface area contributed by atoms with Gasteiger partial charge in [-0.15, -0.1) is 0 Å². The average molecular weight is 444 g/mol. The number of furan rings is 1. The maximum atomic E-state index is 12.7. The quantitative estimate of drug-likeness (QED) is 0.390. The molecular formula is C26H24N2O5. The summed E-state index contributed by atoms with van der Waals surface area (Å²) in [7, 11) is 1.33.